The van der Waals surface area contributed by atoms with Crippen molar-refractivity contribution in [3.05, 3.63) is 12.2 Å². The number of rotatable bonds is 5. The molecule has 0 heterocycles. The van der Waals surface area contributed by atoms with Gasteiger partial charge in [0.25, 0.3) is 0 Å². The van der Waals surface area contributed by atoms with E-state index in [-0.39, 0.29) is 11.6 Å². The van der Waals surface area contributed by atoms with Crippen LogP contribution in [0.5, 0.6) is 0 Å². The zero-order valence-electron chi connectivity index (χ0n) is 19.3. The van der Waals surface area contributed by atoms with Gasteiger partial charge in [0.1, 0.15) is 0 Å². The van der Waals surface area contributed by atoms with Crippen LogP contribution in [0.25, 0.3) is 0 Å². The number of hydrogen-bond acceptors (Lipinski definition) is 2. The first-order valence-electron chi connectivity index (χ1n) is 12.4. The van der Waals surface area contributed by atoms with E-state index in [2.05, 4.69) is 27.4 Å². The average molecular weight is 399 g/mol. The molecule has 162 valence electrons. The van der Waals surface area contributed by atoms with Gasteiger partial charge in [-0.05, 0) is 110 Å². The van der Waals surface area contributed by atoms with Crippen molar-refractivity contribution in [1.29, 1.82) is 0 Å². The van der Waals surface area contributed by atoms with Gasteiger partial charge in [0.15, 0.2) is 0 Å². The van der Waals surface area contributed by atoms with E-state index >= 15 is 0 Å². The topological polar surface area (TPSA) is 34.1 Å². The van der Waals surface area contributed by atoms with Crippen molar-refractivity contribution in [3.8, 4) is 0 Å². The van der Waals surface area contributed by atoms with E-state index in [4.69, 9.17) is 0 Å². The van der Waals surface area contributed by atoms with Crippen LogP contribution in [0.2, 0.25) is 0 Å². The molecule has 2 nitrogen and oxygen atoms in total. The second kappa shape index (κ2) is 7.65. The molecule has 0 aliphatic heterocycles. The minimum atomic E-state index is -0.358. The van der Waals surface area contributed by atoms with Crippen LogP contribution in [0.15, 0.2) is 12.2 Å². The summed E-state index contributed by atoms with van der Waals surface area (Å²) >= 11 is 0. The molecule has 4 aliphatic rings. The molecule has 4 saturated carbocycles. The van der Waals surface area contributed by atoms with Crippen LogP contribution >= 0.6 is 0 Å². The van der Waals surface area contributed by atoms with Crippen molar-refractivity contribution < 1.29 is 9.59 Å². The Hall–Kier alpha value is -0.920. The molecule has 0 aromatic carbocycles. The molecule has 0 saturated heterocycles. The maximum atomic E-state index is 12.4. The molecule has 0 aromatic heterocycles. The number of hydrogen-bond donors (Lipinski definition) is 0. The van der Waals surface area contributed by atoms with Gasteiger partial charge < -0.3 is 0 Å². The lowest BCUT2D eigenvalue weighted by molar-refractivity contribution is -0.136. The molecule has 4 aliphatic carbocycles. The maximum absolute atomic E-state index is 12.4. The fourth-order valence-electron chi connectivity index (χ4n) is 9.04. The lowest BCUT2D eigenvalue weighted by Crippen LogP contribution is -2.53. The van der Waals surface area contributed by atoms with Gasteiger partial charge in [-0.2, -0.15) is 0 Å². The predicted molar refractivity (Wildman–Crippen MR) is 118 cm³/mol. The lowest BCUT2D eigenvalue weighted by atomic mass is 9.44. The van der Waals surface area contributed by atoms with E-state index in [0.717, 1.165) is 23.7 Å². The Balaban J connectivity index is 1.50. The molecule has 4 fully saturated rings. The molecule has 2 heteroatoms. The molecular formula is C27H42O2. The van der Waals surface area contributed by atoms with Crippen molar-refractivity contribution in [2.24, 2.45) is 46.3 Å². The zero-order chi connectivity index (χ0) is 21.0. The van der Waals surface area contributed by atoms with Crippen molar-refractivity contribution in [3.63, 3.8) is 0 Å². The highest BCUT2D eigenvalue weighted by Crippen LogP contribution is 2.68. The lowest BCUT2D eigenvalue weighted by Gasteiger charge is -2.61. The van der Waals surface area contributed by atoms with E-state index < -0.39 is 0 Å². The maximum Gasteiger partial charge on any atom is 0.223 e. The molecule has 0 amide bonds. The number of fused-ring (bicyclic) bond motifs is 5. The van der Waals surface area contributed by atoms with Crippen LogP contribution in [0.1, 0.15) is 98.3 Å². The fraction of sp³-hybridized carbons (Fsp3) is 0.852. The number of carbonyl (C=O) groups excluding carboxylic acids is 2. The molecule has 4 rings (SSSR count). The van der Waals surface area contributed by atoms with Gasteiger partial charge >= 0.3 is 0 Å². The van der Waals surface area contributed by atoms with E-state index in [1.165, 1.54) is 64.2 Å². The molecule has 29 heavy (non-hydrogen) atoms. The van der Waals surface area contributed by atoms with Gasteiger partial charge in [0.2, 0.25) is 11.6 Å². The van der Waals surface area contributed by atoms with Gasteiger partial charge in [-0.25, -0.2) is 0 Å². The molecule has 0 aromatic rings. The summed E-state index contributed by atoms with van der Waals surface area (Å²) in [5.74, 6) is 3.96. The monoisotopic (exact) mass is 398 g/mol. The second-order valence-corrected chi connectivity index (χ2v) is 11.8. The zero-order valence-corrected chi connectivity index (χ0v) is 19.3. The minimum absolute atomic E-state index is 0.221. The van der Waals surface area contributed by atoms with E-state index in [9.17, 15) is 9.59 Å². The molecule has 8 atom stereocenters. The van der Waals surface area contributed by atoms with E-state index in [0.29, 0.717) is 34.7 Å². The van der Waals surface area contributed by atoms with Crippen molar-refractivity contribution in [2.75, 3.05) is 0 Å². The van der Waals surface area contributed by atoms with Crippen molar-refractivity contribution in [1.82, 2.24) is 0 Å². The highest BCUT2D eigenvalue weighted by molar-refractivity contribution is 6.43. The highest BCUT2D eigenvalue weighted by Gasteiger charge is 2.60. The quantitative estimate of drug-likeness (QED) is 0.378. The third-order valence-corrected chi connectivity index (χ3v) is 10.5. The summed E-state index contributed by atoms with van der Waals surface area (Å²) in [4.78, 5) is 24.5. The minimum Gasteiger partial charge on any atom is -0.290 e. The number of carbonyl (C=O) groups is 2. The van der Waals surface area contributed by atoms with Crippen LogP contribution in [0, 0.1) is 46.3 Å². The fourth-order valence-corrected chi connectivity index (χ4v) is 9.04. The normalized spacial score (nSPS) is 44.9. The number of allylic oxidation sites excluding steroid dienone is 1. The second-order valence-electron chi connectivity index (χ2n) is 11.8. The summed E-state index contributed by atoms with van der Waals surface area (Å²) in [6.45, 7) is 12.7. The summed E-state index contributed by atoms with van der Waals surface area (Å²) in [6.07, 6.45) is 14.5. The van der Waals surface area contributed by atoms with E-state index in [1.54, 1.807) is 6.92 Å². The molecule has 0 N–H and O–H groups in total. The Labute approximate surface area is 178 Å². The summed E-state index contributed by atoms with van der Waals surface area (Å²) in [6, 6.07) is 0. The largest absolute Gasteiger partial charge is 0.290 e. The first kappa shape index (κ1) is 21.3. The van der Waals surface area contributed by atoms with Crippen LogP contribution < -0.4 is 0 Å². The molecule has 1 unspecified atom stereocenters. The molecule has 0 radical (unpaired) electrons. The summed E-state index contributed by atoms with van der Waals surface area (Å²) < 4.78 is 0. The van der Waals surface area contributed by atoms with Crippen molar-refractivity contribution >= 4 is 11.6 Å². The number of Topliss-reactive ketones (excluding diaryl/α,β-unsaturated/α-hetero) is 2. The van der Waals surface area contributed by atoms with Gasteiger partial charge in [-0.1, -0.05) is 40.2 Å². The third kappa shape index (κ3) is 3.37. The Morgan fingerprint density at radius 2 is 1.66 bits per heavy atom. The van der Waals surface area contributed by atoms with Gasteiger partial charge in [-0.15, -0.1) is 0 Å². The van der Waals surface area contributed by atoms with Gasteiger partial charge in [0, 0.05) is 6.42 Å². The summed E-state index contributed by atoms with van der Waals surface area (Å²) in [5.41, 5.74) is 1.34. The summed E-state index contributed by atoms with van der Waals surface area (Å²) in [7, 11) is 0. The standard InChI is InChI=1S/C27H42O2/c1-17(2)25(29)24(28)16-18(3)21-11-12-22-20-10-9-19-8-6-7-14-26(19,4)23(20)13-15-27(21,22)5/h18-23H,1,6-16H2,2-5H3/t18-,19?,20+,21-,22+,23+,26+,27-/m1/s1. The van der Waals surface area contributed by atoms with Crippen molar-refractivity contribution in [2.45, 2.75) is 98.3 Å². The van der Waals surface area contributed by atoms with Crippen LogP contribution in [-0.4, -0.2) is 11.6 Å². The average Bonchev–Trinajstić information content (AvgIpc) is 3.04. The molecular weight excluding hydrogens is 356 g/mol. The SMILES string of the molecule is C=C(C)C(=O)C(=O)C[C@@H](C)[C@H]1CC[C@H]2[C@@H]3CCC4CCCC[C@]4(C)[C@H]3CC[C@]12C. The van der Waals surface area contributed by atoms with Crippen LogP contribution in [-0.2, 0) is 9.59 Å². The molecule has 0 bridgehead atoms. The van der Waals surface area contributed by atoms with Crippen LogP contribution in [0.4, 0.5) is 0 Å². The smallest absolute Gasteiger partial charge is 0.223 e. The Morgan fingerprint density at radius 3 is 2.38 bits per heavy atom. The summed E-state index contributed by atoms with van der Waals surface area (Å²) in [5, 5.41) is 0. The third-order valence-electron chi connectivity index (χ3n) is 10.5. The van der Waals surface area contributed by atoms with Crippen LogP contribution in [0.3, 0.4) is 0 Å². The number of ketones is 2. The Kier molecular flexibility index (Phi) is 5.62. The first-order chi connectivity index (χ1) is 13.7. The van der Waals surface area contributed by atoms with E-state index in [1.807, 2.05) is 0 Å². The molecule has 0 spiro atoms. The van der Waals surface area contributed by atoms with Gasteiger partial charge in [-0.3, -0.25) is 9.59 Å². The van der Waals surface area contributed by atoms with Gasteiger partial charge in [0.05, 0.1) is 0 Å². The Morgan fingerprint density at radius 1 is 0.931 bits per heavy atom. The Bertz CT molecular complexity index is 693. The predicted octanol–water partition coefficient (Wildman–Crippen LogP) is 6.78. The first-order valence-corrected chi connectivity index (χ1v) is 12.4. The highest BCUT2D eigenvalue weighted by atomic mass is 16.2.